The average Bonchev–Trinajstić information content (AvgIpc) is 3.51. The van der Waals surface area contributed by atoms with Crippen LogP contribution in [0.2, 0.25) is 5.02 Å². The Balaban J connectivity index is 1.26. The molecule has 1 unspecified atom stereocenters. The molecule has 5 rings (SSSR count). The fourth-order valence-corrected chi connectivity index (χ4v) is 4.48. The zero-order chi connectivity index (χ0) is 22.8. The monoisotopic (exact) mass is 464 g/mol. The van der Waals surface area contributed by atoms with E-state index in [9.17, 15) is 9.90 Å². The molecule has 1 aromatic heterocycles. The third-order valence-corrected chi connectivity index (χ3v) is 6.41. The maximum absolute atomic E-state index is 13.3. The lowest BCUT2D eigenvalue weighted by molar-refractivity contribution is -0.134. The van der Waals surface area contributed by atoms with E-state index in [2.05, 4.69) is 9.80 Å². The number of anilines is 1. The van der Waals surface area contributed by atoms with Crippen LogP contribution in [0.1, 0.15) is 23.8 Å². The van der Waals surface area contributed by atoms with Gasteiger partial charge in [0.1, 0.15) is 17.6 Å². The van der Waals surface area contributed by atoms with Crippen LogP contribution in [0.25, 0.3) is 0 Å². The molecular formula is C25H25ClN4O3. The molecule has 1 saturated heterocycles. The van der Waals surface area contributed by atoms with Crippen molar-refractivity contribution in [2.24, 2.45) is 5.10 Å². The molecular weight excluding hydrogens is 440 g/mol. The Bertz CT molecular complexity index is 1120. The molecule has 0 saturated carbocycles. The Kier molecular flexibility index (Phi) is 6.07. The van der Waals surface area contributed by atoms with E-state index in [4.69, 9.17) is 21.1 Å². The van der Waals surface area contributed by atoms with Crippen LogP contribution in [-0.4, -0.2) is 59.4 Å². The molecule has 1 atom stereocenters. The van der Waals surface area contributed by atoms with Gasteiger partial charge >= 0.3 is 0 Å². The van der Waals surface area contributed by atoms with Gasteiger partial charge < -0.3 is 14.4 Å². The summed E-state index contributed by atoms with van der Waals surface area (Å²) in [6, 6.07) is 18.2. The van der Waals surface area contributed by atoms with Crippen LogP contribution in [-0.2, 0) is 4.79 Å². The van der Waals surface area contributed by atoms with Crippen LogP contribution >= 0.6 is 11.6 Å². The fourth-order valence-electron chi connectivity index (χ4n) is 4.35. The molecule has 1 N–H and O–H groups in total. The zero-order valence-corrected chi connectivity index (χ0v) is 18.9. The fraction of sp³-hybridized carbons (Fsp3) is 0.280. The molecule has 0 aliphatic carbocycles. The van der Waals surface area contributed by atoms with Crippen molar-refractivity contribution in [1.29, 1.82) is 0 Å². The molecule has 0 bridgehead atoms. The van der Waals surface area contributed by atoms with Gasteiger partial charge in [-0.15, -0.1) is 0 Å². The minimum Gasteiger partial charge on any atom is -0.508 e. The van der Waals surface area contributed by atoms with Gasteiger partial charge in [-0.25, -0.2) is 5.01 Å². The minimum absolute atomic E-state index is 0.0431. The third-order valence-electron chi connectivity index (χ3n) is 6.16. The molecule has 2 aliphatic heterocycles. The molecule has 0 spiro atoms. The van der Waals surface area contributed by atoms with Gasteiger partial charge in [-0.3, -0.25) is 9.69 Å². The van der Waals surface area contributed by atoms with E-state index in [1.54, 1.807) is 23.4 Å². The lowest BCUT2D eigenvalue weighted by Gasteiger charge is -2.36. The molecule has 0 radical (unpaired) electrons. The number of rotatable bonds is 5. The largest absolute Gasteiger partial charge is 0.508 e. The second-order valence-corrected chi connectivity index (χ2v) is 8.74. The smallest absolute Gasteiger partial charge is 0.257 e. The van der Waals surface area contributed by atoms with Crippen molar-refractivity contribution in [2.45, 2.75) is 12.5 Å². The van der Waals surface area contributed by atoms with Gasteiger partial charge in [0.05, 0.1) is 18.5 Å². The Morgan fingerprint density at radius 3 is 2.42 bits per heavy atom. The number of nitrogens with zero attached hydrogens (tertiary/aromatic N) is 4. The number of phenolic OH excluding ortho intramolecular Hbond substituents is 1. The van der Waals surface area contributed by atoms with Gasteiger partial charge in [-0.2, -0.15) is 5.10 Å². The third kappa shape index (κ3) is 4.74. The molecule has 8 heteroatoms. The molecule has 170 valence electrons. The normalized spacial score (nSPS) is 19.1. The van der Waals surface area contributed by atoms with Crippen LogP contribution < -0.4 is 4.90 Å². The first-order valence-corrected chi connectivity index (χ1v) is 11.4. The van der Waals surface area contributed by atoms with Crippen LogP contribution in [0.3, 0.4) is 0 Å². The second kappa shape index (κ2) is 9.29. The molecule has 7 nitrogen and oxygen atoms in total. The van der Waals surface area contributed by atoms with Crippen molar-refractivity contribution in [3.05, 3.63) is 83.3 Å². The molecule has 3 aromatic rings. The summed E-state index contributed by atoms with van der Waals surface area (Å²) in [5.74, 6) is 0.949. The summed E-state index contributed by atoms with van der Waals surface area (Å²) in [7, 11) is 0. The van der Waals surface area contributed by atoms with Crippen LogP contribution in [0.5, 0.6) is 5.75 Å². The maximum atomic E-state index is 13.3. The van der Waals surface area contributed by atoms with Gasteiger partial charge in [-0.1, -0.05) is 23.7 Å². The van der Waals surface area contributed by atoms with E-state index in [1.165, 1.54) is 0 Å². The summed E-state index contributed by atoms with van der Waals surface area (Å²) in [5, 5.41) is 16.4. The van der Waals surface area contributed by atoms with E-state index in [1.807, 2.05) is 48.5 Å². The first-order valence-electron chi connectivity index (χ1n) is 11.0. The number of furan rings is 1. The van der Waals surface area contributed by atoms with Crippen molar-refractivity contribution in [2.75, 3.05) is 37.6 Å². The molecule has 3 heterocycles. The lowest BCUT2D eigenvalue weighted by Crippen LogP contribution is -2.49. The summed E-state index contributed by atoms with van der Waals surface area (Å²) in [6.45, 7) is 3.50. The van der Waals surface area contributed by atoms with Crippen LogP contribution in [0, 0.1) is 0 Å². The highest BCUT2D eigenvalue weighted by Crippen LogP contribution is 2.33. The van der Waals surface area contributed by atoms with Crippen molar-refractivity contribution in [1.82, 2.24) is 9.91 Å². The van der Waals surface area contributed by atoms with Crippen LogP contribution in [0.15, 0.2) is 76.4 Å². The Morgan fingerprint density at radius 1 is 1.03 bits per heavy atom. The number of aromatic hydroxyl groups is 1. The number of carbonyl (C=O) groups is 1. The minimum atomic E-state index is -0.253. The van der Waals surface area contributed by atoms with Crippen molar-refractivity contribution < 1.29 is 14.3 Å². The van der Waals surface area contributed by atoms with Crippen molar-refractivity contribution in [3.8, 4) is 5.75 Å². The average molecular weight is 465 g/mol. The number of carbonyl (C=O) groups excluding carboxylic acids is 1. The lowest BCUT2D eigenvalue weighted by atomic mass is 10.0. The van der Waals surface area contributed by atoms with Crippen LogP contribution in [0.4, 0.5) is 5.69 Å². The van der Waals surface area contributed by atoms with E-state index in [0.29, 0.717) is 18.0 Å². The topological polar surface area (TPSA) is 72.5 Å². The van der Waals surface area contributed by atoms with Gasteiger partial charge in [0.15, 0.2) is 0 Å². The molecule has 1 amide bonds. The highest BCUT2D eigenvalue weighted by molar-refractivity contribution is 6.30. The summed E-state index contributed by atoms with van der Waals surface area (Å²) in [5.41, 5.74) is 2.88. The summed E-state index contributed by atoms with van der Waals surface area (Å²) >= 11 is 6.03. The quantitative estimate of drug-likeness (QED) is 0.614. The molecule has 2 aromatic carbocycles. The SMILES string of the molecule is O=C(CN1CCN(c2ccc(O)cc2)CC1)N1N=C(c2ccc(Cl)cc2)CC1c1ccco1. The molecule has 1 fully saturated rings. The number of piperazine rings is 1. The Morgan fingerprint density at radius 2 is 1.76 bits per heavy atom. The number of hydrogen-bond donors (Lipinski definition) is 1. The number of amides is 1. The van der Waals surface area contributed by atoms with Gasteiger partial charge in [0, 0.05) is 43.3 Å². The maximum Gasteiger partial charge on any atom is 0.257 e. The highest BCUT2D eigenvalue weighted by Gasteiger charge is 2.35. The first-order chi connectivity index (χ1) is 16.1. The van der Waals surface area contributed by atoms with E-state index >= 15 is 0 Å². The van der Waals surface area contributed by atoms with Crippen molar-refractivity contribution in [3.63, 3.8) is 0 Å². The van der Waals surface area contributed by atoms with Gasteiger partial charge in [0.25, 0.3) is 5.91 Å². The number of halogens is 1. The number of hydrogen-bond acceptors (Lipinski definition) is 6. The molecule has 2 aliphatic rings. The standard InChI is InChI=1S/C25H25ClN4O3/c26-19-5-3-18(4-6-19)22-16-23(24-2-1-15-33-24)30(27-22)25(32)17-28-11-13-29(14-12-28)20-7-9-21(31)10-8-20/h1-10,15,23,31H,11-14,16-17H2. The van der Waals surface area contributed by atoms with Gasteiger partial charge in [-0.05, 0) is 54.1 Å². The molecule has 33 heavy (non-hydrogen) atoms. The second-order valence-electron chi connectivity index (χ2n) is 8.31. The zero-order valence-electron chi connectivity index (χ0n) is 18.1. The Hall–Kier alpha value is -3.29. The Labute approximate surface area is 197 Å². The predicted octanol–water partition coefficient (Wildman–Crippen LogP) is 4.14. The van der Waals surface area contributed by atoms with Gasteiger partial charge in [0.2, 0.25) is 0 Å². The van der Waals surface area contributed by atoms with E-state index < -0.39 is 0 Å². The first kappa shape index (κ1) is 21.6. The summed E-state index contributed by atoms with van der Waals surface area (Å²) in [4.78, 5) is 17.7. The summed E-state index contributed by atoms with van der Waals surface area (Å²) < 4.78 is 5.64. The number of hydrazone groups is 1. The number of benzene rings is 2. The van der Waals surface area contributed by atoms with E-state index in [0.717, 1.165) is 48.9 Å². The summed E-state index contributed by atoms with van der Waals surface area (Å²) in [6.07, 6.45) is 2.22. The predicted molar refractivity (Wildman–Crippen MR) is 128 cm³/mol. The van der Waals surface area contributed by atoms with E-state index in [-0.39, 0.29) is 17.7 Å². The number of phenols is 1. The highest BCUT2D eigenvalue weighted by atomic mass is 35.5. The van der Waals surface area contributed by atoms with Crippen molar-refractivity contribution >= 4 is 28.9 Å².